The third-order valence-electron chi connectivity index (χ3n) is 5.03. The summed E-state index contributed by atoms with van der Waals surface area (Å²) >= 11 is 0. The van der Waals surface area contributed by atoms with Crippen LogP contribution in [0.5, 0.6) is 11.5 Å². The Balaban J connectivity index is 1.88. The van der Waals surface area contributed by atoms with Gasteiger partial charge in [0.05, 0.1) is 5.69 Å². The molecule has 4 rings (SSSR count). The maximum absolute atomic E-state index is 13.9. The van der Waals surface area contributed by atoms with Gasteiger partial charge in [-0.2, -0.15) is 10.4 Å². The first kappa shape index (κ1) is 19.7. The number of nitrogens with zero attached hydrogens (tertiary/aromatic N) is 5. The fourth-order valence-corrected chi connectivity index (χ4v) is 3.52. The van der Waals surface area contributed by atoms with Gasteiger partial charge in [-0.1, -0.05) is 0 Å². The number of fused-ring (bicyclic) bond motifs is 5. The third-order valence-corrected chi connectivity index (χ3v) is 5.03. The quantitative estimate of drug-likeness (QED) is 0.610. The van der Waals surface area contributed by atoms with E-state index in [4.69, 9.17) is 15.3 Å². The van der Waals surface area contributed by atoms with E-state index in [1.54, 1.807) is 49.1 Å². The molecule has 30 heavy (non-hydrogen) atoms. The van der Waals surface area contributed by atoms with Crippen LogP contribution in [0, 0.1) is 17.1 Å². The molecule has 154 valence electrons. The third kappa shape index (κ3) is 3.53. The van der Waals surface area contributed by atoms with Crippen molar-refractivity contribution in [3.63, 3.8) is 0 Å². The van der Waals surface area contributed by atoms with Crippen molar-refractivity contribution in [1.29, 1.82) is 5.26 Å². The van der Waals surface area contributed by atoms with Crippen LogP contribution < -0.4 is 15.3 Å². The number of aryl methyl sites for hydroxylation is 1. The Kier molecular flexibility index (Phi) is 5.01. The van der Waals surface area contributed by atoms with Gasteiger partial charge in [0, 0.05) is 49.9 Å². The molecule has 0 fully saturated rings. The molecule has 1 aliphatic heterocycles. The molecule has 0 spiro atoms. The number of nitriles is 1. The molecule has 9 heteroatoms. The first-order valence-electron chi connectivity index (χ1n) is 9.44. The lowest BCUT2D eigenvalue weighted by Gasteiger charge is -2.22. The molecular formula is C21H21FN6O2. The number of benzene rings is 1. The van der Waals surface area contributed by atoms with E-state index in [0.717, 1.165) is 5.69 Å². The molecule has 3 aromatic rings. The number of nitrogens with two attached hydrogens (primary N) is 1. The summed E-state index contributed by atoms with van der Waals surface area (Å²) < 4.78 is 21.5. The molecule has 0 amide bonds. The minimum Gasteiger partial charge on any atom is -0.482 e. The van der Waals surface area contributed by atoms with Crippen molar-refractivity contribution in [2.24, 2.45) is 7.05 Å². The molecule has 0 radical (unpaired) electrons. The standard InChI is InChI=1S/C21H21FN6O2/c1-12-15-9-14(22)4-5-18(15)30-27(2)7-6-16-20(17(10-23)28(3)26-16)13-8-19(29-12)21(24)25-11-13/h4-5,8-9,11-12H,6-7H2,1-3H3,(H2,24,25)/t12-/m1/s1. The van der Waals surface area contributed by atoms with Gasteiger partial charge in [-0.15, -0.1) is 5.06 Å². The van der Waals surface area contributed by atoms with Crippen molar-refractivity contribution >= 4 is 5.82 Å². The van der Waals surface area contributed by atoms with Crippen LogP contribution in [0.2, 0.25) is 0 Å². The lowest BCUT2D eigenvalue weighted by Crippen LogP contribution is -2.26. The van der Waals surface area contributed by atoms with Gasteiger partial charge in [-0.3, -0.25) is 4.68 Å². The van der Waals surface area contributed by atoms with E-state index in [1.807, 2.05) is 0 Å². The minimum absolute atomic E-state index is 0.195. The van der Waals surface area contributed by atoms with E-state index in [-0.39, 0.29) is 5.82 Å². The van der Waals surface area contributed by atoms with Crippen LogP contribution in [0.15, 0.2) is 30.5 Å². The zero-order valence-corrected chi connectivity index (χ0v) is 16.9. The highest BCUT2D eigenvalue weighted by Gasteiger charge is 2.23. The van der Waals surface area contributed by atoms with Gasteiger partial charge in [0.25, 0.3) is 0 Å². The van der Waals surface area contributed by atoms with Gasteiger partial charge in [0.1, 0.15) is 23.7 Å². The maximum atomic E-state index is 13.9. The number of nitrogen functional groups attached to an aromatic ring is 1. The summed E-state index contributed by atoms with van der Waals surface area (Å²) in [6.07, 6.45) is 1.56. The molecule has 0 aliphatic carbocycles. The van der Waals surface area contributed by atoms with E-state index >= 15 is 0 Å². The number of likely N-dealkylation sites (N-methyl/N-ethyl adjacent to an activating group) is 1. The van der Waals surface area contributed by atoms with Gasteiger partial charge in [0.2, 0.25) is 0 Å². The highest BCUT2D eigenvalue weighted by molar-refractivity contribution is 5.73. The normalized spacial score (nSPS) is 16.6. The van der Waals surface area contributed by atoms with Crippen molar-refractivity contribution in [2.75, 3.05) is 19.3 Å². The number of hydrogen-bond donors (Lipinski definition) is 1. The molecule has 1 aliphatic rings. The average molecular weight is 408 g/mol. The molecule has 0 unspecified atom stereocenters. The Morgan fingerprint density at radius 2 is 2.07 bits per heavy atom. The number of hydrogen-bond acceptors (Lipinski definition) is 7. The SMILES string of the molecule is C[C@H]1Oc2cc(cnc2N)-c2c(nn(C)c2C#N)CCN(C)Oc2ccc(F)cc21. The number of pyridine rings is 1. The van der Waals surface area contributed by atoms with Crippen molar-refractivity contribution in [3.05, 3.63) is 53.2 Å². The largest absolute Gasteiger partial charge is 0.482 e. The smallest absolute Gasteiger partial charge is 0.166 e. The van der Waals surface area contributed by atoms with E-state index < -0.39 is 11.9 Å². The van der Waals surface area contributed by atoms with Crippen LogP contribution in [0.1, 0.15) is 30.0 Å². The van der Waals surface area contributed by atoms with E-state index in [2.05, 4.69) is 16.2 Å². The lowest BCUT2D eigenvalue weighted by atomic mass is 10.0. The number of halogens is 1. The van der Waals surface area contributed by atoms with Gasteiger partial charge in [-0.25, -0.2) is 9.37 Å². The monoisotopic (exact) mass is 408 g/mol. The Bertz CT molecular complexity index is 1150. The van der Waals surface area contributed by atoms with Crippen LogP contribution in [-0.4, -0.2) is 33.4 Å². The second-order valence-corrected chi connectivity index (χ2v) is 7.15. The molecular weight excluding hydrogens is 387 g/mol. The van der Waals surface area contributed by atoms with Crippen LogP contribution >= 0.6 is 0 Å². The summed E-state index contributed by atoms with van der Waals surface area (Å²) in [5.41, 5.74) is 9.08. The molecule has 2 aromatic heterocycles. The zero-order valence-electron chi connectivity index (χ0n) is 16.9. The summed E-state index contributed by atoms with van der Waals surface area (Å²) in [7, 11) is 3.51. The van der Waals surface area contributed by atoms with Gasteiger partial charge in [-0.05, 0) is 31.2 Å². The average Bonchev–Trinajstić information content (AvgIpc) is 3.04. The Labute approximate surface area is 173 Å². The minimum atomic E-state index is -0.562. The van der Waals surface area contributed by atoms with Gasteiger partial charge < -0.3 is 15.3 Å². The highest BCUT2D eigenvalue weighted by atomic mass is 19.1. The molecule has 2 N–H and O–H groups in total. The highest BCUT2D eigenvalue weighted by Crippen LogP contribution is 2.36. The van der Waals surface area contributed by atoms with Crippen molar-refractivity contribution in [1.82, 2.24) is 19.8 Å². The molecule has 1 atom stereocenters. The second-order valence-electron chi connectivity index (χ2n) is 7.15. The van der Waals surface area contributed by atoms with Crippen LogP contribution in [0.25, 0.3) is 11.1 Å². The van der Waals surface area contributed by atoms with Crippen molar-refractivity contribution in [3.8, 4) is 28.7 Å². The molecule has 2 bridgehead atoms. The second kappa shape index (κ2) is 7.65. The van der Waals surface area contributed by atoms with Crippen LogP contribution in [-0.2, 0) is 13.5 Å². The first-order valence-corrected chi connectivity index (χ1v) is 9.44. The number of hydroxylamine groups is 2. The van der Waals surface area contributed by atoms with Gasteiger partial charge >= 0.3 is 0 Å². The molecule has 8 nitrogen and oxygen atoms in total. The summed E-state index contributed by atoms with van der Waals surface area (Å²) in [6, 6.07) is 8.23. The lowest BCUT2D eigenvalue weighted by molar-refractivity contribution is -0.0329. The predicted octanol–water partition coefficient (Wildman–Crippen LogP) is 3.00. The number of rotatable bonds is 0. The number of anilines is 1. The van der Waals surface area contributed by atoms with Crippen molar-refractivity contribution in [2.45, 2.75) is 19.4 Å². The molecule has 0 saturated carbocycles. The van der Waals surface area contributed by atoms with Crippen LogP contribution in [0.4, 0.5) is 10.2 Å². The molecule has 3 heterocycles. The summed E-state index contributed by atoms with van der Waals surface area (Å²) in [5, 5.41) is 15.8. The summed E-state index contributed by atoms with van der Waals surface area (Å²) in [5.74, 6) is 0.615. The fraction of sp³-hybridized carbons (Fsp3) is 0.286. The zero-order chi connectivity index (χ0) is 21.4. The van der Waals surface area contributed by atoms with E-state index in [9.17, 15) is 9.65 Å². The Hall–Kier alpha value is -3.64. The van der Waals surface area contributed by atoms with Crippen molar-refractivity contribution < 1.29 is 14.0 Å². The molecule has 0 saturated heterocycles. The van der Waals surface area contributed by atoms with Gasteiger partial charge in [0.15, 0.2) is 17.3 Å². The maximum Gasteiger partial charge on any atom is 0.166 e. The summed E-state index contributed by atoms with van der Waals surface area (Å²) in [4.78, 5) is 10.2. The van der Waals surface area contributed by atoms with E-state index in [0.29, 0.717) is 46.8 Å². The first-order chi connectivity index (χ1) is 14.4. The summed E-state index contributed by atoms with van der Waals surface area (Å²) in [6.45, 7) is 2.28. The topological polar surface area (TPSA) is 102 Å². The number of ether oxygens (including phenoxy) is 1. The predicted molar refractivity (Wildman–Crippen MR) is 108 cm³/mol. The fourth-order valence-electron chi connectivity index (χ4n) is 3.52. The Morgan fingerprint density at radius 3 is 2.83 bits per heavy atom. The molecule has 1 aromatic carbocycles. The van der Waals surface area contributed by atoms with Crippen LogP contribution in [0.3, 0.4) is 0 Å². The Morgan fingerprint density at radius 1 is 1.27 bits per heavy atom. The van der Waals surface area contributed by atoms with E-state index in [1.165, 1.54) is 12.1 Å². The number of aromatic nitrogens is 3.